The lowest BCUT2D eigenvalue weighted by molar-refractivity contribution is 0.867. The fraction of sp³-hybridized carbons (Fsp3) is 0.100. The minimum absolute atomic E-state index is 0. The lowest BCUT2D eigenvalue weighted by atomic mass is 10.1. The van der Waals surface area contributed by atoms with E-state index < -0.39 is 0 Å². The lowest BCUT2D eigenvalue weighted by Gasteiger charge is -2.09. The Labute approximate surface area is 107 Å². The summed E-state index contributed by atoms with van der Waals surface area (Å²) in [5, 5.41) is 4.09. The van der Waals surface area contributed by atoms with Crippen LogP contribution in [-0.2, 0) is 0 Å². The summed E-state index contributed by atoms with van der Waals surface area (Å²) in [5.41, 5.74) is 8.24. The summed E-state index contributed by atoms with van der Waals surface area (Å²) >= 11 is 5.03. The van der Waals surface area contributed by atoms with Gasteiger partial charge in [-0.25, -0.2) is 0 Å². The molecule has 0 radical (unpaired) electrons. The van der Waals surface area contributed by atoms with Crippen LogP contribution in [0.25, 0.3) is 0 Å². The molecule has 2 nitrogen and oxygen atoms in total. The van der Waals surface area contributed by atoms with E-state index in [1.165, 1.54) is 0 Å². The summed E-state index contributed by atoms with van der Waals surface area (Å²) < 4.78 is 0.959. The second-order valence-electron chi connectivity index (χ2n) is 2.97. The van der Waals surface area contributed by atoms with Gasteiger partial charge in [-0.2, -0.15) is 11.3 Å². The predicted molar refractivity (Wildman–Crippen MR) is 69.5 cm³/mol. The van der Waals surface area contributed by atoms with E-state index in [-0.39, 0.29) is 18.4 Å². The molecule has 0 bridgehead atoms. The molecule has 15 heavy (non-hydrogen) atoms. The van der Waals surface area contributed by atoms with Gasteiger partial charge < -0.3 is 5.73 Å². The van der Waals surface area contributed by atoms with E-state index in [4.69, 9.17) is 5.73 Å². The van der Waals surface area contributed by atoms with Gasteiger partial charge in [0.1, 0.15) is 0 Å². The monoisotopic (exact) mass is 304 g/mol. The van der Waals surface area contributed by atoms with Crippen molar-refractivity contribution in [2.24, 2.45) is 5.73 Å². The quantitative estimate of drug-likeness (QED) is 0.924. The van der Waals surface area contributed by atoms with Crippen molar-refractivity contribution < 1.29 is 0 Å². The standard InChI is InChI=1S/C10H9BrN2S.ClH/c11-9-3-8(4-13-5-9)10(12)7-1-2-14-6-7;/h1-6,10H,12H2;1H/t10-;/m0./s1. The number of pyridine rings is 1. The second kappa shape index (κ2) is 5.61. The fourth-order valence-corrected chi connectivity index (χ4v) is 2.32. The summed E-state index contributed by atoms with van der Waals surface area (Å²) in [6.07, 6.45) is 3.55. The first-order valence-electron chi connectivity index (χ1n) is 4.15. The SMILES string of the molecule is Cl.N[C@@H](c1ccsc1)c1cncc(Br)c1. The van der Waals surface area contributed by atoms with Gasteiger partial charge >= 0.3 is 0 Å². The molecule has 0 aliphatic carbocycles. The smallest absolute Gasteiger partial charge is 0.0575 e. The molecule has 0 fully saturated rings. The maximum absolute atomic E-state index is 6.08. The van der Waals surface area contributed by atoms with Gasteiger partial charge in [0.15, 0.2) is 0 Å². The molecule has 1 atom stereocenters. The molecule has 0 saturated heterocycles. The molecule has 2 N–H and O–H groups in total. The molecule has 80 valence electrons. The van der Waals surface area contributed by atoms with Gasteiger partial charge in [0, 0.05) is 16.9 Å². The first-order valence-corrected chi connectivity index (χ1v) is 5.89. The summed E-state index contributed by atoms with van der Waals surface area (Å²) in [6.45, 7) is 0. The van der Waals surface area contributed by atoms with Gasteiger partial charge in [0.2, 0.25) is 0 Å². The van der Waals surface area contributed by atoms with Crippen LogP contribution >= 0.6 is 39.7 Å². The maximum Gasteiger partial charge on any atom is 0.0575 e. The number of nitrogens with two attached hydrogens (primary N) is 1. The average Bonchev–Trinajstić information content (AvgIpc) is 2.69. The zero-order valence-corrected chi connectivity index (χ0v) is 11.0. The van der Waals surface area contributed by atoms with Crippen molar-refractivity contribution in [3.05, 3.63) is 50.9 Å². The number of aromatic nitrogens is 1. The van der Waals surface area contributed by atoms with Gasteiger partial charge in [0.25, 0.3) is 0 Å². The van der Waals surface area contributed by atoms with Crippen LogP contribution in [0.3, 0.4) is 0 Å². The van der Waals surface area contributed by atoms with E-state index >= 15 is 0 Å². The van der Waals surface area contributed by atoms with Gasteiger partial charge in [-0.1, -0.05) is 0 Å². The molecule has 0 aliphatic heterocycles. The van der Waals surface area contributed by atoms with E-state index in [2.05, 4.69) is 26.3 Å². The Bertz CT molecular complexity index is 419. The maximum atomic E-state index is 6.08. The van der Waals surface area contributed by atoms with Crippen molar-refractivity contribution >= 4 is 39.7 Å². The number of thiophene rings is 1. The topological polar surface area (TPSA) is 38.9 Å². The number of hydrogen-bond acceptors (Lipinski definition) is 3. The number of halogens is 2. The van der Waals surface area contributed by atoms with Crippen molar-refractivity contribution in [1.29, 1.82) is 0 Å². The molecule has 0 spiro atoms. The number of rotatable bonds is 2. The Morgan fingerprint density at radius 1 is 1.33 bits per heavy atom. The summed E-state index contributed by atoms with van der Waals surface area (Å²) in [5.74, 6) is 0. The molecule has 2 aromatic rings. The van der Waals surface area contributed by atoms with Crippen molar-refractivity contribution in [1.82, 2.24) is 4.98 Å². The normalized spacial score (nSPS) is 11.9. The Morgan fingerprint density at radius 3 is 2.73 bits per heavy atom. The largest absolute Gasteiger partial charge is 0.320 e. The molecule has 0 aliphatic rings. The van der Waals surface area contributed by atoms with E-state index in [9.17, 15) is 0 Å². The molecule has 0 amide bonds. The van der Waals surface area contributed by atoms with Crippen LogP contribution < -0.4 is 5.73 Å². The fourth-order valence-electron chi connectivity index (χ4n) is 1.24. The van der Waals surface area contributed by atoms with Crippen molar-refractivity contribution in [2.45, 2.75) is 6.04 Å². The van der Waals surface area contributed by atoms with E-state index in [1.54, 1.807) is 23.7 Å². The molecule has 5 heteroatoms. The van der Waals surface area contributed by atoms with E-state index in [0.717, 1.165) is 15.6 Å². The Kier molecular flexibility index (Phi) is 4.73. The molecular formula is C10H10BrClN2S. The van der Waals surface area contributed by atoms with Crippen LogP contribution in [0.5, 0.6) is 0 Å². The van der Waals surface area contributed by atoms with Crippen molar-refractivity contribution in [3.63, 3.8) is 0 Å². The molecule has 0 saturated carbocycles. The van der Waals surface area contributed by atoms with Crippen LogP contribution in [0, 0.1) is 0 Å². The minimum atomic E-state index is -0.0775. The van der Waals surface area contributed by atoms with Gasteiger partial charge in [-0.3, -0.25) is 4.98 Å². The number of hydrogen-bond donors (Lipinski definition) is 1. The van der Waals surface area contributed by atoms with Crippen LogP contribution in [0.15, 0.2) is 39.8 Å². The third-order valence-corrected chi connectivity index (χ3v) is 3.12. The first-order chi connectivity index (χ1) is 6.77. The van der Waals surface area contributed by atoms with Crippen LogP contribution in [0.2, 0.25) is 0 Å². The van der Waals surface area contributed by atoms with Gasteiger partial charge in [-0.05, 0) is 49.9 Å². The van der Waals surface area contributed by atoms with E-state index in [1.807, 2.05) is 17.5 Å². The van der Waals surface area contributed by atoms with E-state index in [0.29, 0.717) is 0 Å². The van der Waals surface area contributed by atoms with Gasteiger partial charge in [0.05, 0.1) is 6.04 Å². The Morgan fingerprint density at radius 2 is 2.13 bits per heavy atom. The Balaban J connectivity index is 0.00000112. The highest BCUT2D eigenvalue weighted by molar-refractivity contribution is 9.10. The lowest BCUT2D eigenvalue weighted by Crippen LogP contribution is -2.10. The van der Waals surface area contributed by atoms with Crippen LogP contribution in [-0.4, -0.2) is 4.98 Å². The zero-order valence-electron chi connectivity index (χ0n) is 7.76. The predicted octanol–water partition coefficient (Wildman–Crippen LogP) is 3.38. The third kappa shape index (κ3) is 3.01. The average molecular weight is 306 g/mol. The summed E-state index contributed by atoms with van der Waals surface area (Å²) in [4.78, 5) is 4.09. The third-order valence-electron chi connectivity index (χ3n) is 1.99. The molecule has 0 aromatic carbocycles. The minimum Gasteiger partial charge on any atom is -0.320 e. The van der Waals surface area contributed by atoms with Crippen LogP contribution in [0.4, 0.5) is 0 Å². The summed E-state index contributed by atoms with van der Waals surface area (Å²) in [6, 6.07) is 3.96. The van der Waals surface area contributed by atoms with Crippen molar-refractivity contribution in [3.8, 4) is 0 Å². The highest BCUT2D eigenvalue weighted by Gasteiger charge is 2.09. The van der Waals surface area contributed by atoms with Crippen molar-refractivity contribution in [2.75, 3.05) is 0 Å². The van der Waals surface area contributed by atoms with Crippen LogP contribution in [0.1, 0.15) is 17.2 Å². The molecule has 2 rings (SSSR count). The second-order valence-corrected chi connectivity index (χ2v) is 4.67. The van der Waals surface area contributed by atoms with Gasteiger partial charge in [-0.15, -0.1) is 12.4 Å². The Hall–Kier alpha value is -0.420. The molecular weight excluding hydrogens is 296 g/mol. The molecule has 2 aromatic heterocycles. The first kappa shape index (κ1) is 12.6. The highest BCUT2D eigenvalue weighted by Crippen LogP contribution is 2.22. The zero-order chi connectivity index (χ0) is 9.97. The summed E-state index contributed by atoms with van der Waals surface area (Å²) in [7, 11) is 0. The highest BCUT2D eigenvalue weighted by atomic mass is 79.9. The number of nitrogens with zero attached hydrogens (tertiary/aromatic N) is 1. The molecule has 0 unspecified atom stereocenters. The molecule has 2 heterocycles.